The van der Waals surface area contributed by atoms with Crippen LogP contribution < -0.4 is 9.47 Å². The maximum absolute atomic E-state index is 5.57. The van der Waals surface area contributed by atoms with Gasteiger partial charge < -0.3 is 9.47 Å². The summed E-state index contributed by atoms with van der Waals surface area (Å²) in [4.78, 5) is 0. The first kappa shape index (κ1) is 12.7. The summed E-state index contributed by atoms with van der Waals surface area (Å²) in [6.07, 6.45) is 1.72. The molecule has 0 spiro atoms. The van der Waals surface area contributed by atoms with Crippen LogP contribution in [0.3, 0.4) is 0 Å². The number of hydrogen-bond acceptors (Lipinski definition) is 2. The zero-order valence-corrected chi connectivity index (χ0v) is 10.3. The molecule has 2 nitrogen and oxygen atoms in total. The van der Waals surface area contributed by atoms with Crippen molar-refractivity contribution in [2.75, 3.05) is 20.1 Å². The van der Waals surface area contributed by atoms with E-state index in [1.807, 2.05) is 18.2 Å². The lowest BCUT2D eigenvalue weighted by Crippen LogP contribution is -1.88. The molecule has 0 N–H and O–H groups in total. The molecule has 0 bridgehead atoms. The Labute approximate surface area is 102 Å². The van der Waals surface area contributed by atoms with E-state index in [1.165, 1.54) is 0 Å². The summed E-state index contributed by atoms with van der Waals surface area (Å²) in [7, 11) is 3.25. The number of benzene rings is 1. The first-order valence-electron chi connectivity index (χ1n) is 5.08. The van der Waals surface area contributed by atoms with E-state index in [1.54, 1.807) is 14.2 Å². The van der Waals surface area contributed by atoms with Gasteiger partial charge in [0.05, 0.1) is 14.2 Å². The topological polar surface area (TPSA) is 18.5 Å². The van der Waals surface area contributed by atoms with Crippen LogP contribution in [0.2, 0.25) is 0 Å². The van der Waals surface area contributed by atoms with E-state index in [4.69, 9.17) is 21.1 Å². The average Bonchev–Trinajstić information content (AvgIpc) is 2.34. The minimum Gasteiger partial charge on any atom is -0.497 e. The van der Waals surface area contributed by atoms with Crippen LogP contribution in [0.1, 0.15) is 18.4 Å². The largest absolute Gasteiger partial charge is 0.497 e. The Morgan fingerprint density at radius 3 is 2.25 bits per heavy atom. The molecule has 1 aromatic rings. The van der Waals surface area contributed by atoms with Crippen molar-refractivity contribution in [3.05, 3.63) is 23.8 Å². The third-order valence-electron chi connectivity index (χ3n) is 2.02. The summed E-state index contributed by atoms with van der Waals surface area (Å²) < 4.78 is 10.3. The highest BCUT2D eigenvalue weighted by Crippen LogP contribution is 2.21. The summed E-state index contributed by atoms with van der Waals surface area (Å²) in [6.45, 7) is 0. The van der Waals surface area contributed by atoms with Crippen molar-refractivity contribution in [3.8, 4) is 23.3 Å². The lowest BCUT2D eigenvalue weighted by molar-refractivity contribution is 0.394. The van der Waals surface area contributed by atoms with Crippen LogP contribution in [0.15, 0.2) is 18.2 Å². The van der Waals surface area contributed by atoms with E-state index in [9.17, 15) is 0 Å². The van der Waals surface area contributed by atoms with Crippen molar-refractivity contribution in [1.29, 1.82) is 0 Å². The lowest BCUT2D eigenvalue weighted by Gasteiger charge is -2.04. The van der Waals surface area contributed by atoms with Gasteiger partial charge in [0.1, 0.15) is 11.5 Å². The highest BCUT2D eigenvalue weighted by Gasteiger charge is 1.98. The Bertz CT molecular complexity index is 368. The van der Waals surface area contributed by atoms with E-state index in [2.05, 4.69) is 11.8 Å². The van der Waals surface area contributed by atoms with E-state index in [-0.39, 0.29) is 0 Å². The maximum Gasteiger partial charge on any atom is 0.123 e. The average molecular weight is 239 g/mol. The fraction of sp³-hybridized carbons (Fsp3) is 0.385. The molecule has 0 aliphatic carbocycles. The van der Waals surface area contributed by atoms with E-state index < -0.39 is 0 Å². The number of methoxy groups -OCH3 is 2. The van der Waals surface area contributed by atoms with Gasteiger partial charge in [-0.25, -0.2) is 0 Å². The first-order valence-corrected chi connectivity index (χ1v) is 5.61. The fourth-order valence-corrected chi connectivity index (χ4v) is 1.33. The standard InChI is InChI=1S/C13H15ClO2/c1-15-12-8-11(6-4-3-5-7-14)9-13(10-12)16-2/h8-10H,3,5,7H2,1-2H3. The van der Waals surface area contributed by atoms with Crippen molar-refractivity contribution in [2.24, 2.45) is 0 Å². The molecular formula is C13H15ClO2. The predicted octanol–water partition coefficient (Wildman–Crippen LogP) is 3.07. The number of rotatable bonds is 4. The van der Waals surface area contributed by atoms with Crippen LogP contribution in [-0.4, -0.2) is 20.1 Å². The van der Waals surface area contributed by atoms with Gasteiger partial charge in [0.15, 0.2) is 0 Å². The summed E-state index contributed by atoms with van der Waals surface area (Å²) in [5, 5.41) is 0. The monoisotopic (exact) mass is 238 g/mol. The summed E-state index contributed by atoms with van der Waals surface area (Å²) in [6, 6.07) is 5.59. The molecule has 0 radical (unpaired) electrons. The highest BCUT2D eigenvalue weighted by molar-refractivity contribution is 6.17. The van der Waals surface area contributed by atoms with Gasteiger partial charge >= 0.3 is 0 Å². The van der Waals surface area contributed by atoms with E-state index in [0.29, 0.717) is 5.88 Å². The van der Waals surface area contributed by atoms with Crippen LogP contribution >= 0.6 is 11.6 Å². The minimum atomic E-state index is 0.649. The third-order valence-corrected chi connectivity index (χ3v) is 2.29. The van der Waals surface area contributed by atoms with Crippen LogP contribution in [0.25, 0.3) is 0 Å². The molecule has 86 valence electrons. The number of unbranched alkanes of at least 4 members (excludes halogenated alkanes) is 1. The SMILES string of the molecule is COc1cc(C#CCCCCl)cc(OC)c1. The van der Waals surface area contributed by atoms with Crippen LogP contribution in [0.5, 0.6) is 11.5 Å². The van der Waals surface area contributed by atoms with Gasteiger partial charge in [-0.2, -0.15) is 0 Å². The molecule has 0 amide bonds. The molecule has 0 heterocycles. The van der Waals surface area contributed by atoms with Gasteiger partial charge in [0.25, 0.3) is 0 Å². The van der Waals surface area contributed by atoms with Crippen molar-refractivity contribution in [1.82, 2.24) is 0 Å². The highest BCUT2D eigenvalue weighted by atomic mass is 35.5. The Morgan fingerprint density at radius 2 is 1.75 bits per heavy atom. The summed E-state index contributed by atoms with van der Waals surface area (Å²) >= 11 is 5.57. The van der Waals surface area contributed by atoms with Gasteiger partial charge in [-0.3, -0.25) is 0 Å². The molecule has 1 aromatic carbocycles. The molecular weight excluding hydrogens is 224 g/mol. The molecule has 0 unspecified atom stereocenters. The van der Waals surface area contributed by atoms with Gasteiger partial charge in [0, 0.05) is 23.9 Å². The molecule has 16 heavy (non-hydrogen) atoms. The molecule has 0 saturated carbocycles. The van der Waals surface area contributed by atoms with Gasteiger partial charge in [0.2, 0.25) is 0 Å². The van der Waals surface area contributed by atoms with Gasteiger partial charge in [-0.05, 0) is 18.6 Å². The number of halogens is 1. The second-order valence-electron chi connectivity index (χ2n) is 3.20. The van der Waals surface area contributed by atoms with Crippen molar-refractivity contribution < 1.29 is 9.47 Å². The van der Waals surface area contributed by atoms with Gasteiger partial charge in [-0.15, -0.1) is 11.6 Å². The molecule has 0 aromatic heterocycles. The third kappa shape index (κ3) is 4.04. The molecule has 0 aliphatic rings. The number of hydrogen-bond donors (Lipinski definition) is 0. The fourth-order valence-electron chi connectivity index (χ4n) is 1.20. The summed E-state index contributed by atoms with van der Waals surface area (Å²) in [5.41, 5.74) is 0.894. The van der Waals surface area contributed by atoms with Crippen molar-refractivity contribution >= 4 is 11.6 Å². The Kier molecular flexibility index (Phi) is 5.60. The second kappa shape index (κ2) is 7.03. The number of alkyl halides is 1. The van der Waals surface area contributed by atoms with Crippen LogP contribution in [-0.2, 0) is 0 Å². The maximum atomic E-state index is 5.57. The van der Waals surface area contributed by atoms with Crippen LogP contribution in [0.4, 0.5) is 0 Å². The molecule has 0 saturated heterocycles. The number of ether oxygens (including phenoxy) is 2. The van der Waals surface area contributed by atoms with E-state index in [0.717, 1.165) is 29.9 Å². The van der Waals surface area contributed by atoms with E-state index >= 15 is 0 Å². The van der Waals surface area contributed by atoms with Gasteiger partial charge in [-0.1, -0.05) is 11.8 Å². The van der Waals surface area contributed by atoms with Crippen molar-refractivity contribution in [2.45, 2.75) is 12.8 Å². The quantitative estimate of drug-likeness (QED) is 0.456. The van der Waals surface area contributed by atoms with Crippen LogP contribution in [0, 0.1) is 11.8 Å². The molecule has 0 atom stereocenters. The smallest absolute Gasteiger partial charge is 0.123 e. The Balaban J connectivity index is 2.81. The normalized spacial score (nSPS) is 9.19. The second-order valence-corrected chi connectivity index (χ2v) is 3.57. The zero-order valence-electron chi connectivity index (χ0n) is 9.55. The zero-order chi connectivity index (χ0) is 11.8. The van der Waals surface area contributed by atoms with Crippen molar-refractivity contribution in [3.63, 3.8) is 0 Å². The molecule has 3 heteroatoms. The summed E-state index contributed by atoms with van der Waals surface area (Å²) in [5.74, 6) is 8.27. The lowest BCUT2D eigenvalue weighted by atomic mass is 10.2. The Morgan fingerprint density at radius 1 is 1.12 bits per heavy atom. The minimum absolute atomic E-state index is 0.649. The molecule has 0 aliphatic heterocycles. The predicted molar refractivity (Wildman–Crippen MR) is 66.4 cm³/mol. The Hall–Kier alpha value is -1.33. The molecule has 1 rings (SSSR count). The molecule has 0 fully saturated rings. The first-order chi connectivity index (χ1) is 7.80.